The molecule has 0 heterocycles. The maximum absolute atomic E-state index is 12.8. The molecule has 0 aromatic heterocycles. The van der Waals surface area contributed by atoms with Gasteiger partial charge in [-0.25, -0.2) is 4.39 Å². The lowest BCUT2D eigenvalue weighted by Crippen LogP contribution is -2.44. The van der Waals surface area contributed by atoms with Crippen LogP contribution < -0.4 is 9.46 Å². The first kappa shape index (κ1) is 11.1. The lowest BCUT2D eigenvalue weighted by atomic mass is 9.90. The van der Waals surface area contributed by atoms with Crippen LogP contribution in [0.2, 0.25) is 0 Å². The highest BCUT2D eigenvalue weighted by Gasteiger charge is 2.30. The monoisotopic (exact) mass is 245 g/mol. The molecule has 0 bridgehead atoms. The van der Waals surface area contributed by atoms with Gasteiger partial charge in [-0.3, -0.25) is 4.72 Å². The molecule has 0 atom stereocenters. The summed E-state index contributed by atoms with van der Waals surface area (Å²) in [5.74, 6) is 0.351. The number of hydrogen-bond acceptors (Lipinski definition) is 4. The van der Waals surface area contributed by atoms with Crippen LogP contribution >= 0.6 is 22.6 Å². The number of hydrogen-bond donors (Lipinski definition) is 2. The fourth-order valence-electron chi connectivity index (χ4n) is 1.57. The molecule has 0 radical (unpaired) electrons. The van der Waals surface area contributed by atoms with Gasteiger partial charge in [0.15, 0.2) is 0 Å². The summed E-state index contributed by atoms with van der Waals surface area (Å²) < 4.78 is 21.6. The summed E-state index contributed by atoms with van der Waals surface area (Å²) in [6.45, 7) is 0. The average Bonchev–Trinajstić information content (AvgIpc) is 2.15. The third-order valence-electron chi connectivity index (χ3n) is 2.41. The van der Waals surface area contributed by atoms with Gasteiger partial charge in [0.2, 0.25) is 0 Å². The van der Waals surface area contributed by atoms with Gasteiger partial charge in [0.05, 0.1) is 0 Å². The zero-order chi connectivity index (χ0) is 10.7. The minimum atomic E-state index is -0.257. The van der Waals surface area contributed by atoms with Crippen molar-refractivity contribution in [2.75, 3.05) is 0 Å². The Hall–Kier alpha value is -0.390. The van der Waals surface area contributed by atoms with Gasteiger partial charge in [0, 0.05) is 24.9 Å². The average molecular weight is 245 g/mol. The third-order valence-corrected chi connectivity index (χ3v) is 3.17. The smallest absolute Gasteiger partial charge is 0.126 e. The highest BCUT2D eigenvalue weighted by atomic mass is 33.1. The number of rotatable bonds is 4. The van der Waals surface area contributed by atoms with Crippen molar-refractivity contribution in [1.82, 2.24) is 4.72 Å². The highest BCUT2D eigenvalue weighted by Crippen LogP contribution is 2.27. The van der Waals surface area contributed by atoms with E-state index in [1.807, 2.05) is 0 Å². The lowest BCUT2D eigenvalue weighted by Gasteiger charge is -2.35. The van der Waals surface area contributed by atoms with E-state index >= 15 is 0 Å². The van der Waals surface area contributed by atoms with E-state index in [0.29, 0.717) is 11.8 Å². The van der Waals surface area contributed by atoms with E-state index in [2.05, 4.69) is 16.4 Å². The van der Waals surface area contributed by atoms with Crippen LogP contribution in [-0.2, 0) is 0 Å². The summed E-state index contributed by atoms with van der Waals surface area (Å²) in [5, 5.41) is 0. The minimum Gasteiger partial charge on any atom is -0.490 e. The third kappa shape index (κ3) is 3.03. The maximum atomic E-state index is 12.8. The first-order valence-corrected chi connectivity index (χ1v) is 6.63. The molecule has 1 aliphatic rings. The quantitative estimate of drug-likeness (QED) is 0.484. The van der Waals surface area contributed by atoms with E-state index < -0.39 is 0 Å². The van der Waals surface area contributed by atoms with Crippen LogP contribution in [0.3, 0.4) is 0 Å². The van der Waals surface area contributed by atoms with Crippen LogP contribution in [0.5, 0.6) is 5.75 Å². The van der Waals surface area contributed by atoms with Crippen molar-refractivity contribution in [3.8, 4) is 5.75 Å². The van der Waals surface area contributed by atoms with Crippen molar-refractivity contribution in [2.24, 2.45) is 0 Å². The van der Waals surface area contributed by atoms with Gasteiger partial charge in [0.1, 0.15) is 17.7 Å². The maximum Gasteiger partial charge on any atom is 0.126 e. The Labute approximate surface area is 97.5 Å². The van der Waals surface area contributed by atoms with Gasteiger partial charge in [-0.1, -0.05) is 17.7 Å². The van der Waals surface area contributed by atoms with E-state index in [4.69, 9.17) is 4.74 Å². The fraction of sp³-hybridized carbons (Fsp3) is 0.400. The first-order valence-electron chi connectivity index (χ1n) is 4.76. The molecule has 5 heteroatoms. The van der Waals surface area contributed by atoms with E-state index in [1.165, 1.54) is 23.1 Å². The van der Waals surface area contributed by atoms with Crippen molar-refractivity contribution >= 4 is 22.6 Å². The van der Waals surface area contributed by atoms with E-state index in [-0.39, 0.29) is 11.9 Å². The Morgan fingerprint density at radius 1 is 1.47 bits per heavy atom. The van der Waals surface area contributed by atoms with E-state index in [0.717, 1.165) is 12.8 Å². The molecule has 82 valence electrons. The molecule has 1 saturated carbocycles. The Balaban J connectivity index is 1.80. The second kappa shape index (κ2) is 5.09. The van der Waals surface area contributed by atoms with Crippen molar-refractivity contribution in [3.05, 3.63) is 30.1 Å². The van der Waals surface area contributed by atoms with Gasteiger partial charge in [-0.15, -0.1) is 0 Å². The largest absolute Gasteiger partial charge is 0.490 e. The number of thiol groups is 1. The molecule has 2 rings (SSSR count). The zero-order valence-electron chi connectivity index (χ0n) is 8.02. The summed E-state index contributed by atoms with van der Waals surface area (Å²) in [5.41, 5.74) is 0. The molecule has 2 nitrogen and oxygen atoms in total. The van der Waals surface area contributed by atoms with Crippen LogP contribution in [0.25, 0.3) is 0 Å². The predicted molar refractivity (Wildman–Crippen MR) is 63.6 cm³/mol. The topological polar surface area (TPSA) is 21.3 Å². The molecule has 0 unspecified atom stereocenters. The molecule has 1 aromatic carbocycles. The number of nitrogens with one attached hydrogen (secondary N) is 1. The molecular formula is C10H12FNOS2. The van der Waals surface area contributed by atoms with Gasteiger partial charge >= 0.3 is 0 Å². The molecule has 1 N–H and O–H groups in total. The molecule has 1 fully saturated rings. The zero-order valence-corrected chi connectivity index (χ0v) is 9.73. The van der Waals surface area contributed by atoms with Gasteiger partial charge in [-0.2, -0.15) is 0 Å². The fourth-order valence-corrected chi connectivity index (χ4v) is 2.35. The minimum absolute atomic E-state index is 0.199. The van der Waals surface area contributed by atoms with Crippen molar-refractivity contribution < 1.29 is 9.13 Å². The van der Waals surface area contributed by atoms with Crippen LogP contribution in [0.15, 0.2) is 24.3 Å². The standard InChI is InChI=1S/C10H12FNOS2/c11-7-2-1-3-9(4-7)13-10-5-8(6-10)12-15-14/h1-4,8,10,12,14H,5-6H2/t8-,10+. The van der Waals surface area contributed by atoms with Crippen molar-refractivity contribution in [2.45, 2.75) is 25.0 Å². The van der Waals surface area contributed by atoms with Crippen LogP contribution in [0.1, 0.15) is 12.8 Å². The summed E-state index contributed by atoms with van der Waals surface area (Å²) in [4.78, 5) is 0. The second-order valence-electron chi connectivity index (χ2n) is 3.57. The highest BCUT2D eigenvalue weighted by molar-refractivity contribution is 8.67. The summed E-state index contributed by atoms with van der Waals surface area (Å²) in [6, 6.07) is 6.72. The van der Waals surface area contributed by atoms with E-state index in [1.54, 1.807) is 12.1 Å². The molecule has 1 aliphatic carbocycles. The molecule has 0 aliphatic heterocycles. The summed E-state index contributed by atoms with van der Waals surface area (Å²) in [7, 11) is 1.33. The Bertz CT molecular complexity index is 331. The number of benzene rings is 1. The predicted octanol–water partition coefficient (Wildman–Crippen LogP) is 2.82. The van der Waals surface area contributed by atoms with Gasteiger partial charge in [-0.05, 0) is 23.1 Å². The normalized spacial score (nSPS) is 24.7. The lowest BCUT2D eigenvalue weighted by molar-refractivity contribution is 0.0954. The Kier molecular flexibility index (Phi) is 3.77. The number of ether oxygens (including phenoxy) is 1. The van der Waals surface area contributed by atoms with Crippen LogP contribution in [-0.4, -0.2) is 12.1 Å². The molecular weight excluding hydrogens is 233 g/mol. The molecule has 0 saturated heterocycles. The van der Waals surface area contributed by atoms with Crippen molar-refractivity contribution in [1.29, 1.82) is 0 Å². The van der Waals surface area contributed by atoms with Crippen molar-refractivity contribution in [3.63, 3.8) is 0 Å². The Morgan fingerprint density at radius 3 is 2.93 bits per heavy atom. The van der Waals surface area contributed by atoms with Gasteiger partial charge < -0.3 is 4.74 Å². The van der Waals surface area contributed by atoms with Crippen LogP contribution in [0.4, 0.5) is 4.39 Å². The molecule has 0 amide bonds. The summed E-state index contributed by atoms with van der Waals surface area (Å²) in [6.07, 6.45) is 2.10. The first-order chi connectivity index (χ1) is 7.28. The summed E-state index contributed by atoms with van der Waals surface area (Å²) >= 11 is 4.01. The SMILES string of the molecule is Fc1cccc(O[C@H]2C[C@@H](NSS)C2)c1. The van der Waals surface area contributed by atoms with Crippen LogP contribution in [0, 0.1) is 5.82 Å². The number of halogens is 1. The van der Waals surface area contributed by atoms with Gasteiger partial charge in [0.25, 0.3) is 0 Å². The molecule has 0 spiro atoms. The molecule has 15 heavy (non-hydrogen) atoms. The molecule has 1 aromatic rings. The second-order valence-corrected chi connectivity index (χ2v) is 4.54. The Morgan fingerprint density at radius 2 is 2.27 bits per heavy atom. The van der Waals surface area contributed by atoms with E-state index in [9.17, 15) is 4.39 Å².